The summed E-state index contributed by atoms with van der Waals surface area (Å²) in [5, 5.41) is 10.4. The van der Waals surface area contributed by atoms with E-state index in [1.54, 1.807) is 0 Å². The Labute approximate surface area is 123 Å². The summed E-state index contributed by atoms with van der Waals surface area (Å²) >= 11 is 0. The lowest BCUT2D eigenvalue weighted by molar-refractivity contribution is 0.0532. The first kappa shape index (κ1) is 15.5. The second kappa shape index (κ2) is 6.73. The van der Waals surface area contributed by atoms with Crippen molar-refractivity contribution in [3.63, 3.8) is 0 Å². The van der Waals surface area contributed by atoms with Gasteiger partial charge in [-0.25, -0.2) is 0 Å². The van der Waals surface area contributed by atoms with Gasteiger partial charge in [-0.2, -0.15) is 0 Å². The van der Waals surface area contributed by atoms with Crippen LogP contribution in [0.2, 0.25) is 0 Å². The molecule has 2 nitrogen and oxygen atoms in total. The van der Waals surface area contributed by atoms with Crippen LogP contribution >= 0.6 is 0 Å². The molecule has 0 aliphatic carbocycles. The Morgan fingerprint density at radius 1 is 1.10 bits per heavy atom. The van der Waals surface area contributed by atoms with Crippen molar-refractivity contribution in [3.8, 4) is 0 Å². The van der Waals surface area contributed by atoms with Crippen LogP contribution in [0.5, 0.6) is 0 Å². The Morgan fingerprint density at radius 3 is 2.15 bits per heavy atom. The maximum atomic E-state index is 10.4. The van der Waals surface area contributed by atoms with Crippen molar-refractivity contribution >= 4 is 0 Å². The average molecular weight is 275 g/mol. The summed E-state index contributed by atoms with van der Waals surface area (Å²) in [6, 6.07) is 8.25. The number of aryl methyl sites for hydroxylation is 1. The summed E-state index contributed by atoms with van der Waals surface area (Å²) in [7, 11) is 0. The number of likely N-dealkylation sites (tertiary alicyclic amines) is 1. The first-order chi connectivity index (χ1) is 9.58. The second-order valence-corrected chi connectivity index (χ2v) is 6.43. The summed E-state index contributed by atoms with van der Waals surface area (Å²) in [6.45, 7) is 9.75. The fourth-order valence-corrected chi connectivity index (χ4v) is 3.31. The minimum atomic E-state index is -0.355. The molecule has 1 unspecified atom stereocenters. The minimum Gasteiger partial charge on any atom is -0.387 e. The Kier molecular flexibility index (Phi) is 5.22. The van der Waals surface area contributed by atoms with Gasteiger partial charge in [-0.3, -0.25) is 0 Å². The molecule has 1 aromatic rings. The molecule has 0 saturated carbocycles. The highest BCUT2D eigenvalue weighted by Crippen LogP contribution is 2.38. The van der Waals surface area contributed by atoms with E-state index in [1.165, 1.54) is 31.2 Å². The lowest BCUT2D eigenvalue weighted by Gasteiger charge is -2.41. The summed E-state index contributed by atoms with van der Waals surface area (Å²) in [5.74, 6) is 0. The van der Waals surface area contributed by atoms with Crippen molar-refractivity contribution < 1.29 is 5.11 Å². The van der Waals surface area contributed by atoms with Crippen LogP contribution in [0, 0.1) is 12.3 Å². The smallest absolute Gasteiger partial charge is 0.0916 e. The van der Waals surface area contributed by atoms with Crippen molar-refractivity contribution in [2.75, 3.05) is 19.6 Å². The van der Waals surface area contributed by atoms with Crippen LogP contribution in [0.3, 0.4) is 0 Å². The lowest BCUT2D eigenvalue weighted by Crippen LogP contribution is -2.41. The molecule has 1 N–H and O–H groups in total. The third-order valence-corrected chi connectivity index (χ3v) is 5.31. The molecule has 1 fully saturated rings. The molecule has 0 aromatic heterocycles. The fourth-order valence-electron chi connectivity index (χ4n) is 3.31. The van der Waals surface area contributed by atoms with Crippen molar-refractivity contribution in [1.29, 1.82) is 0 Å². The molecular formula is C18H29NO. The van der Waals surface area contributed by atoms with Gasteiger partial charge in [0.15, 0.2) is 0 Å². The van der Waals surface area contributed by atoms with Crippen molar-refractivity contribution in [1.82, 2.24) is 4.90 Å². The SMILES string of the molecule is CCC1(CC)CCN(CC(O)c2ccc(C)cc2)CC1. The van der Waals surface area contributed by atoms with Gasteiger partial charge in [0.05, 0.1) is 6.10 Å². The number of nitrogens with zero attached hydrogens (tertiary/aromatic N) is 1. The van der Waals surface area contributed by atoms with Gasteiger partial charge in [-0.05, 0) is 43.8 Å². The zero-order valence-electron chi connectivity index (χ0n) is 13.2. The van der Waals surface area contributed by atoms with E-state index in [4.69, 9.17) is 0 Å². The largest absolute Gasteiger partial charge is 0.387 e. The maximum absolute atomic E-state index is 10.4. The van der Waals surface area contributed by atoms with E-state index in [2.05, 4.69) is 37.8 Å². The van der Waals surface area contributed by atoms with E-state index < -0.39 is 0 Å². The predicted octanol–water partition coefficient (Wildman–Crippen LogP) is 3.93. The zero-order valence-corrected chi connectivity index (χ0v) is 13.2. The number of aliphatic hydroxyl groups is 1. The summed E-state index contributed by atoms with van der Waals surface area (Å²) in [4.78, 5) is 2.42. The van der Waals surface area contributed by atoms with Crippen LogP contribution in [0.4, 0.5) is 0 Å². The van der Waals surface area contributed by atoms with Crippen LogP contribution in [0.25, 0.3) is 0 Å². The number of hydrogen-bond donors (Lipinski definition) is 1. The number of rotatable bonds is 5. The molecule has 1 aliphatic heterocycles. The molecule has 2 rings (SSSR count). The topological polar surface area (TPSA) is 23.5 Å². The normalized spacial score (nSPS) is 20.8. The molecule has 1 saturated heterocycles. The molecule has 20 heavy (non-hydrogen) atoms. The molecule has 0 spiro atoms. The molecule has 112 valence electrons. The molecule has 2 heteroatoms. The Hall–Kier alpha value is -0.860. The Balaban J connectivity index is 1.87. The van der Waals surface area contributed by atoms with Gasteiger partial charge in [0.25, 0.3) is 0 Å². The summed E-state index contributed by atoms with van der Waals surface area (Å²) in [6.07, 6.45) is 4.78. The highest BCUT2D eigenvalue weighted by molar-refractivity contribution is 5.23. The first-order valence-electron chi connectivity index (χ1n) is 8.05. The number of aliphatic hydroxyl groups excluding tert-OH is 1. The predicted molar refractivity (Wildman–Crippen MR) is 84.8 cm³/mol. The standard InChI is InChI=1S/C18H29NO/c1-4-18(5-2)10-12-19(13-11-18)14-17(20)16-8-6-15(3)7-9-16/h6-9,17,20H,4-5,10-14H2,1-3H3. The summed E-state index contributed by atoms with van der Waals surface area (Å²) < 4.78 is 0. The molecule has 0 amide bonds. The molecule has 1 atom stereocenters. The van der Waals surface area contributed by atoms with E-state index in [0.29, 0.717) is 5.41 Å². The quantitative estimate of drug-likeness (QED) is 0.880. The van der Waals surface area contributed by atoms with Gasteiger partial charge in [0, 0.05) is 6.54 Å². The second-order valence-electron chi connectivity index (χ2n) is 6.43. The number of benzene rings is 1. The molecule has 1 aliphatic rings. The molecular weight excluding hydrogens is 246 g/mol. The van der Waals surface area contributed by atoms with Gasteiger partial charge < -0.3 is 10.0 Å². The van der Waals surface area contributed by atoms with Crippen LogP contribution < -0.4 is 0 Å². The molecule has 1 heterocycles. The van der Waals surface area contributed by atoms with E-state index >= 15 is 0 Å². The Bertz CT molecular complexity index is 398. The first-order valence-corrected chi connectivity index (χ1v) is 8.05. The molecule has 0 radical (unpaired) electrons. The third-order valence-electron chi connectivity index (χ3n) is 5.31. The van der Waals surface area contributed by atoms with Crippen LogP contribution in [-0.4, -0.2) is 29.6 Å². The lowest BCUT2D eigenvalue weighted by atomic mass is 9.74. The maximum Gasteiger partial charge on any atom is 0.0916 e. The molecule has 0 bridgehead atoms. The Morgan fingerprint density at radius 2 is 1.65 bits per heavy atom. The number of hydrogen-bond acceptors (Lipinski definition) is 2. The minimum absolute atomic E-state index is 0.355. The van der Waals surface area contributed by atoms with Gasteiger partial charge in [-0.1, -0.05) is 56.5 Å². The fraction of sp³-hybridized carbons (Fsp3) is 0.667. The summed E-state index contributed by atoms with van der Waals surface area (Å²) in [5.41, 5.74) is 2.85. The van der Waals surface area contributed by atoms with E-state index in [0.717, 1.165) is 25.2 Å². The highest BCUT2D eigenvalue weighted by atomic mass is 16.3. The van der Waals surface area contributed by atoms with Crippen molar-refractivity contribution in [2.45, 2.75) is 52.6 Å². The zero-order chi connectivity index (χ0) is 14.6. The van der Waals surface area contributed by atoms with E-state index in [9.17, 15) is 5.11 Å². The third kappa shape index (κ3) is 3.62. The van der Waals surface area contributed by atoms with E-state index in [-0.39, 0.29) is 6.10 Å². The van der Waals surface area contributed by atoms with Crippen LogP contribution in [0.15, 0.2) is 24.3 Å². The van der Waals surface area contributed by atoms with Gasteiger partial charge in [-0.15, -0.1) is 0 Å². The van der Waals surface area contributed by atoms with Gasteiger partial charge >= 0.3 is 0 Å². The van der Waals surface area contributed by atoms with Gasteiger partial charge in [0.1, 0.15) is 0 Å². The molecule has 1 aromatic carbocycles. The van der Waals surface area contributed by atoms with Crippen LogP contribution in [0.1, 0.15) is 56.8 Å². The van der Waals surface area contributed by atoms with E-state index in [1.807, 2.05) is 12.1 Å². The monoisotopic (exact) mass is 275 g/mol. The van der Waals surface area contributed by atoms with Crippen molar-refractivity contribution in [2.24, 2.45) is 5.41 Å². The van der Waals surface area contributed by atoms with Crippen molar-refractivity contribution in [3.05, 3.63) is 35.4 Å². The van der Waals surface area contributed by atoms with Gasteiger partial charge in [0.2, 0.25) is 0 Å². The van der Waals surface area contributed by atoms with Crippen LogP contribution in [-0.2, 0) is 0 Å². The highest BCUT2D eigenvalue weighted by Gasteiger charge is 2.31. The number of β-amino-alcohol motifs (C(OH)–C–C–N with tert-alkyl or cyclic N) is 1. The number of piperidine rings is 1. The average Bonchev–Trinajstić information content (AvgIpc) is 2.49.